The first-order chi connectivity index (χ1) is 12.7. The Balaban J connectivity index is 1.39. The number of nitrogens with one attached hydrogen (secondary N) is 1. The highest BCUT2D eigenvalue weighted by Crippen LogP contribution is 2.29. The lowest BCUT2D eigenvalue weighted by atomic mass is 9.97. The van der Waals surface area contributed by atoms with E-state index in [1.54, 1.807) is 6.33 Å². The minimum atomic E-state index is 0.0796. The van der Waals surface area contributed by atoms with Crippen LogP contribution in [0.3, 0.4) is 0 Å². The number of piperidine rings is 2. The number of anilines is 2. The van der Waals surface area contributed by atoms with E-state index >= 15 is 0 Å². The molecule has 4 rings (SSSR count). The third-order valence-electron chi connectivity index (χ3n) is 6.00. The first-order valence-electron chi connectivity index (χ1n) is 10.3. The lowest BCUT2D eigenvalue weighted by Crippen LogP contribution is -2.44. The molecule has 3 heterocycles. The van der Waals surface area contributed by atoms with Crippen LogP contribution in [0.15, 0.2) is 12.4 Å². The third kappa shape index (κ3) is 4.27. The van der Waals surface area contributed by atoms with Crippen molar-refractivity contribution in [1.82, 2.24) is 15.3 Å². The van der Waals surface area contributed by atoms with Gasteiger partial charge in [0.1, 0.15) is 18.0 Å². The van der Waals surface area contributed by atoms with E-state index in [1.165, 1.54) is 25.7 Å². The van der Waals surface area contributed by atoms with Crippen LogP contribution in [0.1, 0.15) is 45.4 Å². The van der Waals surface area contributed by atoms with Gasteiger partial charge in [-0.1, -0.05) is 6.92 Å². The van der Waals surface area contributed by atoms with Crippen molar-refractivity contribution in [1.29, 1.82) is 0 Å². The van der Waals surface area contributed by atoms with Gasteiger partial charge in [0.05, 0.1) is 5.92 Å². The summed E-state index contributed by atoms with van der Waals surface area (Å²) in [7, 11) is 0. The number of aromatic nitrogens is 2. The largest absolute Gasteiger partial charge is 0.356 e. The van der Waals surface area contributed by atoms with Gasteiger partial charge in [0, 0.05) is 38.8 Å². The molecule has 1 aromatic heterocycles. The second kappa shape index (κ2) is 7.80. The lowest BCUT2D eigenvalue weighted by Gasteiger charge is -2.34. The van der Waals surface area contributed by atoms with Gasteiger partial charge in [0.25, 0.3) is 0 Å². The van der Waals surface area contributed by atoms with Crippen LogP contribution < -0.4 is 15.1 Å². The number of hydrogen-bond acceptors (Lipinski definition) is 5. The van der Waals surface area contributed by atoms with Gasteiger partial charge in [-0.25, -0.2) is 9.97 Å². The molecule has 1 amide bonds. The first-order valence-corrected chi connectivity index (χ1v) is 10.3. The molecule has 2 saturated heterocycles. The molecular weight excluding hydrogens is 326 g/mol. The van der Waals surface area contributed by atoms with Crippen molar-refractivity contribution in [2.45, 2.75) is 45.4 Å². The van der Waals surface area contributed by atoms with E-state index in [9.17, 15) is 4.79 Å². The van der Waals surface area contributed by atoms with Crippen molar-refractivity contribution in [3.8, 4) is 0 Å². The standard InChI is InChI=1S/C20H31N5O/c1-15-4-2-8-24(12-15)18-10-19(23-14-22-18)25-9-3-5-17(13-25)20(26)21-11-16-6-7-16/h10,14-17H,2-9,11-13H2,1H3,(H,21,26). The van der Waals surface area contributed by atoms with E-state index in [1.807, 2.05) is 0 Å². The lowest BCUT2D eigenvalue weighted by molar-refractivity contribution is -0.125. The molecular formula is C20H31N5O. The average molecular weight is 358 g/mol. The molecule has 6 heteroatoms. The fraction of sp³-hybridized carbons (Fsp3) is 0.750. The Morgan fingerprint density at radius 2 is 1.77 bits per heavy atom. The molecule has 3 fully saturated rings. The van der Waals surface area contributed by atoms with Crippen LogP contribution in [-0.2, 0) is 4.79 Å². The molecule has 2 aliphatic heterocycles. The number of nitrogens with zero attached hydrogens (tertiary/aromatic N) is 4. The van der Waals surface area contributed by atoms with Crippen molar-refractivity contribution in [3.05, 3.63) is 12.4 Å². The third-order valence-corrected chi connectivity index (χ3v) is 6.00. The van der Waals surface area contributed by atoms with Crippen LogP contribution in [0.25, 0.3) is 0 Å². The van der Waals surface area contributed by atoms with E-state index in [0.717, 1.165) is 69.0 Å². The quantitative estimate of drug-likeness (QED) is 0.877. The monoisotopic (exact) mass is 357 g/mol. The Hall–Kier alpha value is -1.85. The number of carbonyl (C=O) groups excluding carboxylic acids is 1. The molecule has 0 spiro atoms. The zero-order valence-electron chi connectivity index (χ0n) is 15.9. The van der Waals surface area contributed by atoms with Crippen LogP contribution in [0.4, 0.5) is 11.6 Å². The Morgan fingerprint density at radius 1 is 1.08 bits per heavy atom. The average Bonchev–Trinajstić information content (AvgIpc) is 3.51. The fourth-order valence-electron chi connectivity index (χ4n) is 4.19. The zero-order chi connectivity index (χ0) is 17.9. The maximum Gasteiger partial charge on any atom is 0.224 e. The molecule has 2 atom stereocenters. The van der Waals surface area contributed by atoms with Crippen LogP contribution in [0, 0.1) is 17.8 Å². The summed E-state index contributed by atoms with van der Waals surface area (Å²) in [6.45, 7) is 7.06. The topological polar surface area (TPSA) is 61.4 Å². The number of hydrogen-bond donors (Lipinski definition) is 1. The van der Waals surface area contributed by atoms with Crippen LogP contribution in [0.2, 0.25) is 0 Å². The SMILES string of the molecule is CC1CCCN(c2cc(N3CCCC(C(=O)NCC4CC4)C3)ncn2)C1. The second-order valence-electron chi connectivity index (χ2n) is 8.40. The number of amides is 1. The molecule has 142 valence electrons. The molecule has 26 heavy (non-hydrogen) atoms. The van der Waals surface area contributed by atoms with E-state index in [2.05, 4.69) is 38.1 Å². The summed E-state index contributed by atoms with van der Waals surface area (Å²) < 4.78 is 0. The van der Waals surface area contributed by atoms with Crippen molar-refractivity contribution < 1.29 is 4.79 Å². The van der Waals surface area contributed by atoms with Gasteiger partial charge < -0.3 is 15.1 Å². The minimum Gasteiger partial charge on any atom is -0.356 e. The van der Waals surface area contributed by atoms with Gasteiger partial charge in [-0.15, -0.1) is 0 Å². The molecule has 1 N–H and O–H groups in total. The molecule has 0 radical (unpaired) electrons. The molecule has 1 saturated carbocycles. The van der Waals surface area contributed by atoms with Crippen LogP contribution in [0.5, 0.6) is 0 Å². The van der Waals surface area contributed by atoms with E-state index in [4.69, 9.17) is 0 Å². The first kappa shape index (κ1) is 17.6. The van der Waals surface area contributed by atoms with Crippen molar-refractivity contribution in [3.63, 3.8) is 0 Å². The van der Waals surface area contributed by atoms with Crippen LogP contribution >= 0.6 is 0 Å². The van der Waals surface area contributed by atoms with Crippen molar-refractivity contribution in [2.75, 3.05) is 42.5 Å². The zero-order valence-corrected chi connectivity index (χ0v) is 15.9. The van der Waals surface area contributed by atoms with E-state index in [0.29, 0.717) is 0 Å². The molecule has 0 aromatic carbocycles. The normalized spacial score (nSPS) is 26.7. The minimum absolute atomic E-state index is 0.0796. The molecule has 1 aliphatic carbocycles. The van der Waals surface area contributed by atoms with Gasteiger partial charge in [-0.3, -0.25) is 4.79 Å². The Bertz CT molecular complexity index is 632. The fourth-order valence-corrected chi connectivity index (χ4v) is 4.19. The van der Waals surface area contributed by atoms with Gasteiger partial charge >= 0.3 is 0 Å². The van der Waals surface area contributed by atoms with Gasteiger partial charge in [-0.05, 0) is 50.4 Å². The van der Waals surface area contributed by atoms with Crippen molar-refractivity contribution in [2.24, 2.45) is 17.8 Å². The molecule has 6 nitrogen and oxygen atoms in total. The highest BCUT2D eigenvalue weighted by Gasteiger charge is 2.29. The molecule has 0 bridgehead atoms. The summed E-state index contributed by atoms with van der Waals surface area (Å²) in [4.78, 5) is 26.1. The number of carbonyl (C=O) groups is 1. The second-order valence-corrected chi connectivity index (χ2v) is 8.40. The summed E-state index contributed by atoms with van der Waals surface area (Å²) in [5, 5.41) is 3.15. The summed E-state index contributed by atoms with van der Waals surface area (Å²) in [5.74, 6) is 3.75. The Labute approximate surface area is 156 Å². The van der Waals surface area contributed by atoms with Crippen molar-refractivity contribution >= 4 is 17.5 Å². The van der Waals surface area contributed by atoms with Gasteiger partial charge in [0.15, 0.2) is 0 Å². The summed E-state index contributed by atoms with van der Waals surface area (Å²) in [6.07, 6.45) is 8.79. The summed E-state index contributed by atoms with van der Waals surface area (Å²) >= 11 is 0. The predicted molar refractivity (Wildman–Crippen MR) is 103 cm³/mol. The van der Waals surface area contributed by atoms with Gasteiger partial charge in [0.2, 0.25) is 5.91 Å². The summed E-state index contributed by atoms with van der Waals surface area (Å²) in [6, 6.07) is 2.11. The maximum absolute atomic E-state index is 12.5. The molecule has 3 aliphatic rings. The highest BCUT2D eigenvalue weighted by atomic mass is 16.1. The predicted octanol–water partition coefficient (Wildman–Crippen LogP) is 2.46. The summed E-state index contributed by atoms with van der Waals surface area (Å²) in [5.41, 5.74) is 0. The highest BCUT2D eigenvalue weighted by molar-refractivity contribution is 5.79. The Morgan fingerprint density at radius 3 is 2.46 bits per heavy atom. The smallest absolute Gasteiger partial charge is 0.224 e. The Kier molecular flexibility index (Phi) is 5.27. The van der Waals surface area contributed by atoms with Crippen LogP contribution in [-0.4, -0.2) is 48.6 Å². The number of rotatable bonds is 5. The van der Waals surface area contributed by atoms with E-state index in [-0.39, 0.29) is 11.8 Å². The molecule has 2 unspecified atom stereocenters. The molecule has 1 aromatic rings. The van der Waals surface area contributed by atoms with Gasteiger partial charge in [-0.2, -0.15) is 0 Å². The van der Waals surface area contributed by atoms with E-state index < -0.39 is 0 Å². The maximum atomic E-state index is 12.5.